The smallest absolute Gasteiger partial charge is 0.342 e. The van der Waals surface area contributed by atoms with Crippen molar-refractivity contribution in [3.05, 3.63) is 45.2 Å². The quantitative estimate of drug-likeness (QED) is 0.226. The van der Waals surface area contributed by atoms with E-state index in [0.29, 0.717) is 5.56 Å². The van der Waals surface area contributed by atoms with Crippen molar-refractivity contribution in [1.29, 1.82) is 0 Å². The number of hydrogen-bond donors (Lipinski definition) is 9. The second-order valence-electron chi connectivity index (χ2n) is 13.2. The Labute approximate surface area is 229 Å². The number of ketones is 2. The summed E-state index contributed by atoms with van der Waals surface area (Å²) in [6, 6.07) is 1.56. The molecule has 12 heteroatoms. The number of phenolic OH excluding ortho intramolecular Hbond substituents is 1. The SMILES string of the molecule is CC(C)(C)Cc1cc(C(C)(C)C)c(O)c2c1[C@@H](O)[C@@]1(O)C(=C2O)C(=O)[C@@]2(O)C(O)=C(C(=O)O)C(=O)C[C@@]2(O)[C@@H]1O. The first-order valence-electron chi connectivity index (χ1n) is 12.6. The van der Waals surface area contributed by atoms with Crippen LogP contribution in [0.5, 0.6) is 5.75 Å². The molecule has 40 heavy (non-hydrogen) atoms. The number of aliphatic carboxylic acids is 1. The first kappa shape index (κ1) is 29.7. The number of carbonyl (C=O) groups is 3. The number of aromatic hydroxyl groups is 1. The lowest BCUT2D eigenvalue weighted by Gasteiger charge is -2.57. The van der Waals surface area contributed by atoms with Crippen LogP contribution in [-0.4, -0.2) is 86.4 Å². The molecule has 0 heterocycles. The number of rotatable bonds is 2. The summed E-state index contributed by atoms with van der Waals surface area (Å²) in [5.41, 5.74) is -14.5. The van der Waals surface area contributed by atoms with Crippen LogP contribution in [0.1, 0.15) is 76.3 Å². The zero-order valence-corrected chi connectivity index (χ0v) is 22.9. The summed E-state index contributed by atoms with van der Waals surface area (Å²) >= 11 is 0. The van der Waals surface area contributed by atoms with E-state index in [1.165, 1.54) is 0 Å². The molecule has 1 aromatic rings. The van der Waals surface area contributed by atoms with E-state index in [0.717, 1.165) is 0 Å². The Hall–Kier alpha value is -3.29. The number of benzene rings is 1. The molecular formula is C28H34O12. The molecular weight excluding hydrogens is 528 g/mol. The number of carboxylic acids is 1. The number of phenols is 1. The summed E-state index contributed by atoms with van der Waals surface area (Å²) in [6.45, 7) is 10.8. The maximum absolute atomic E-state index is 13.8. The second-order valence-corrected chi connectivity index (χ2v) is 13.2. The van der Waals surface area contributed by atoms with Crippen molar-refractivity contribution in [2.24, 2.45) is 5.41 Å². The number of aliphatic hydroxyl groups is 7. The van der Waals surface area contributed by atoms with Gasteiger partial charge in [-0.15, -0.1) is 0 Å². The fourth-order valence-corrected chi connectivity index (χ4v) is 6.17. The summed E-state index contributed by atoms with van der Waals surface area (Å²) in [7, 11) is 0. The molecule has 0 radical (unpaired) electrons. The zero-order valence-electron chi connectivity index (χ0n) is 22.9. The van der Waals surface area contributed by atoms with Crippen LogP contribution in [0.3, 0.4) is 0 Å². The van der Waals surface area contributed by atoms with Crippen LogP contribution in [0.15, 0.2) is 23.0 Å². The van der Waals surface area contributed by atoms with Crippen LogP contribution in [0.4, 0.5) is 0 Å². The molecule has 1 fully saturated rings. The van der Waals surface area contributed by atoms with Crippen LogP contribution < -0.4 is 0 Å². The van der Waals surface area contributed by atoms with E-state index in [4.69, 9.17) is 0 Å². The van der Waals surface area contributed by atoms with E-state index < -0.39 is 97.8 Å². The second kappa shape index (κ2) is 8.37. The molecule has 9 N–H and O–H groups in total. The van der Waals surface area contributed by atoms with Crippen LogP contribution >= 0.6 is 0 Å². The molecule has 0 amide bonds. The Bertz CT molecular complexity index is 1440. The molecule has 3 aliphatic carbocycles. The fourth-order valence-electron chi connectivity index (χ4n) is 6.17. The van der Waals surface area contributed by atoms with E-state index in [1.807, 2.05) is 20.8 Å². The molecule has 1 aromatic carbocycles. The fraction of sp³-hybridized carbons (Fsp3) is 0.536. The van der Waals surface area contributed by atoms with Gasteiger partial charge in [0.2, 0.25) is 11.4 Å². The van der Waals surface area contributed by atoms with Gasteiger partial charge in [-0.3, -0.25) is 9.59 Å². The largest absolute Gasteiger partial charge is 0.508 e. The Morgan fingerprint density at radius 1 is 1.00 bits per heavy atom. The van der Waals surface area contributed by atoms with E-state index in [-0.39, 0.29) is 17.5 Å². The van der Waals surface area contributed by atoms with Crippen LogP contribution in [-0.2, 0) is 26.2 Å². The van der Waals surface area contributed by atoms with Crippen LogP contribution in [0, 0.1) is 5.41 Å². The number of carbonyl (C=O) groups excluding carboxylic acids is 2. The maximum Gasteiger partial charge on any atom is 0.342 e. The van der Waals surface area contributed by atoms with Gasteiger partial charge in [-0.25, -0.2) is 4.79 Å². The highest BCUT2D eigenvalue weighted by Crippen LogP contribution is 2.59. The molecule has 218 valence electrons. The van der Waals surface area contributed by atoms with Crippen molar-refractivity contribution >= 4 is 23.3 Å². The van der Waals surface area contributed by atoms with Crippen molar-refractivity contribution < 1.29 is 60.3 Å². The van der Waals surface area contributed by atoms with Crippen LogP contribution in [0.25, 0.3) is 5.76 Å². The minimum Gasteiger partial charge on any atom is -0.508 e. The average molecular weight is 563 g/mol. The van der Waals surface area contributed by atoms with Gasteiger partial charge < -0.3 is 46.0 Å². The lowest BCUT2D eigenvalue weighted by atomic mass is 9.52. The Kier molecular flexibility index (Phi) is 6.21. The van der Waals surface area contributed by atoms with Gasteiger partial charge in [-0.2, -0.15) is 0 Å². The van der Waals surface area contributed by atoms with E-state index in [2.05, 4.69) is 0 Å². The molecule has 5 atom stereocenters. The molecule has 12 nitrogen and oxygen atoms in total. The summed E-state index contributed by atoms with van der Waals surface area (Å²) in [5.74, 6) is -8.98. The lowest BCUT2D eigenvalue weighted by Crippen LogP contribution is -2.80. The van der Waals surface area contributed by atoms with Gasteiger partial charge in [0.25, 0.3) is 0 Å². The van der Waals surface area contributed by atoms with Crippen molar-refractivity contribution in [2.75, 3.05) is 0 Å². The van der Waals surface area contributed by atoms with E-state index in [1.54, 1.807) is 26.8 Å². The number of hydrogen-bond acceptors (Lipinski definition) is 11. The summed E-state index contributed by atoms with van der Waals surface area (Å²) in [4.78, 5) is 38.1. The van der Waals surface area contributed by atoms with Gasteiger partial charge in [0.1, 0.15) is 34.9 Å². The third-order valence-corrected chi connectivity index (χ3v) is 8.07. The number of aliphatic hydroxyl groups excluding tert-OH is 4. The van der Waals surface area contributed by atoms with Crippen molar-refractivity contribution in [2.45, 2.75) is 88.8 Å². The predicted octanol–water partition coefficient (Wildman–Crippen LogP) is 0.601. The van der Waals surface area contributed by atoms with Gasteiger partial charge in [-0.05, 0) is 22.8 Å². The first-order valence-corrected chi connectivity index (χ1v) is 12.6. The number of fused-ring (bicyclic) bond motifs is 3. The predicted molar refractivity (Wildman–Crippen MR) is 137 cm³/mol. The number of carboxylic acid groups (broad SMARTS) is 1. The highest BCUT2D eigenvalue weighted by Gasteiger charge is 2.78. The molecule has 3 aliphatic rings. The van der Waals surface area contributed by atoms with Gasteiger partial charge >= 0.3 is 5.97 Å². The maximum atomic E-state index is 13.8. The topological polar surface area (TPSA) is 233 Å². The first-order chi connectivity index (χ1) is 18.0. The molecule has 0 aromatic heterocycles. The molecule has 0 unspecified atom stereocenters. The average Bonchev–Trinajstić information content (AvgIpc) is 2.78. The minimum absolute atomic E-state index is 0.205. The van der Waals surface area contributed by atoms with Crippen molar-refractivity contribution in [3.8, 4) is 5.75 Å². The molecule has 0 aliphatic heterocycles. The monoisotopic (exact) mass is 562 g/mol. The zero-order chi connectivity index (χ0) is 30.7. The summed E-state index contributed by atoms with van der Waals surface area (Å²) in [5, 5.41) is 100. The highest BCUT2D eigenvalue weighted by atomic mass is 16.4. The van der Waals surface area contributed by atoms with Gasteiger partial charge in [0, 0.05) is 17.5 Å². The highest BCUT2D eigenvalue weighted by molar-refractivity contribution is 6.22. The summed E-state index contributed by atoms with van der Waals surface area (Å²) < 4.78 is 0. The van der Waals surface area contributed by atoms with Crippen LogP contribution in [0.2, 0.25) is 0 Å². The standard InChI is InChI=1S/C28H34O12/c1-24(2,3)8-10-7-11(25(4,5)6)17(30)15-13(10)19(32)27(39)16(18(15)31)21(34)28(40)20(33)14(22(35)36)12(29)9-26(28,38)23(27)37/h7,19,23,30-33,37-40H,8-9H2,1-6H3,(H,35,36)/t19-,23+,26-,27+,28+/m1/s1. The number of Topliss-reactive ketones (excluding diaryl/α,β-unsaturated/α-hetero) is 2. The van der Waals surface area contributed by atoms with Gasteiger partial charge in [0.15, 0.2) is 17.1 Å². The normalized spacial score (nSPS) is 32.6. The third kappa shape index (κ3) is 3.53. The molecule has 0 saturated heterocycles. The Morgan fingerprint density at radius 2 is 1.55 bits per heavy atom. The van der Waals surface area contributed by atoms with E-state index >= 15 is 0 Å². The lowest BCUT2D eigenvalue weighted by molar-refractivity contribution is -0.263. The summed E-state index contributed by atoms with van der Waals surface area (Å²) in [6.07, 6.45) is -6.39. The molecule has 0 spiro atoms. The van der Waals surface area contributed by atoms with Gasteiger partial charge in [-0.1, -0.05) is 47.6 Å². The molecule has 4 rings (SSSR count). The molecule has 1 saturated carbocycles. The van der Waals surface area contributed by atoms with Gasteiger partial charge in [0.05, 0.1) is 11.1 Å². The Morgan fingerprint density at radius 3 is 2.02 bits per heavy atom. The Balaban J connectivity index is 2.18. The third-order valence-electron chi connectivity index (χ3n) is 8.07. The van der Waals surface area contributed by atoms with E-state index in [9.17, 15) is 60.3 Å². The minimum atomic E-state index is -3.73. The molecule has 0 bridgehead atoms. The van der Waals surface area contributed by atoms with Crippen molar-refractivity contribution in [1.82, 2.24) is 0 Å². The van der Waals surface area contributed by atoms with Crippen molar-refractivity contribution in [3.63, 3.8) is 0 Å².